The fourth-order valence-electron chi connectivity index (χ4n) is 1.77. The monoisotopic (exact) mass is 218 g/mol. The molecule has 0 atom stereocenters. The van der Waals surface area contributed by atoms with Gasteiger partial charge in [0.15, 0.2) is 0 Å². The fourth-order valence-corrected chi connectivity index (χ4v) is 1.77. The van der Waals surface area contributed by atoms with E-state index in [4.69, 9.17) is 15.0 Å². The lowest BCUT2D eigenvalue weighted by molar-refractivity contribution is 0.411. The van der Waals surface area contributed by atoms with Crippen LogP contribution in [-0.2, 0) is 0 Å². The topological polar surface area (TPSA) is 61.3 Å². The highest BCUT2D eigenvalue weighted by molar-refractivity contribution is 5.73. The van der Waals surface area contributed by atoms with Gasteiger partial charge in [0.1, 0.15) is 11.4 Å². The Hall–Kier alpha value is -1.97. The smallest absolute Gasteiger partial charge is 0.222 e. The fraction of sp³-hybridized carbons (Fsp3) is 0.250. The maximum Gasteiger partial charge on any atom is 0.222 e. The van der Waals surface area contributed by atoms with Gasteiger partial charge in [0.05, 0.1) is 7.11 Å². The summed E-state index contributed by atoms with van der Waals surface area (Å²) in [6.07, 6.45) is 0. The molecule has 0 aliphatic heterocycles. The summed E-state index contributed by atoms with van der Waals surface area (Å²) in [4.78, 5) is 0. The number of aromatic nitrogens is 1. The van der Waals surface area contributed by atoms with Crippen molar-refractivity contribution in [3.8, 4) is 17.0 Å². The molecule has 0 saturated heterocycles. The van der Waals surface area contributed by atoms with Gasteiger partial charge in [0, 0.05) is 11.6 Å². The Morgan fingerprint density at radius 3 is 2.50 bits per heavy atom. The number of ether oxygens (including phenoxy) is 1. The summed E-state index contributed by atoms with van der Waals surface area (Å²) in [5, 5.41) is 3.92. The van der Waals surface area contributed by atoms with Crippen LogP contribution in [0, 0.1) is 13.8 Å². The predicted molar refractivity (Wildman–Crippen MR) is 62.4 cm³/mol. The Kier molecular flexibility index (Phi) is 2.56. The number of anilines is 1. The number of hydrogen-bond donors (Lipinski definition) is 1. The summed E-state index contributed by atoms with van der Waals surface area (Å²) in [6.45, 7) is 3.99. The molecule has 0 unspecified atom stereocenters. The molecule has 2 aromatic rings. The quantitative estimate of drug-likeness (QED) is 0.841. The van der Waals surface area contributed by atoms with Crippen molar-refractivity contribution < 1.29 is 9.26 Å². The van der Waals surface area contributed by atoms with Gasteiger partial charge in [-0.05, 0) is 25.0 Å². The molecule has 0 bridgehead atoms. The maximum atomic E-state index is 5.53. The molecule has 0 amide bonds. The Bertz CT molecular complexity index is 518. The molecule has 0 aliphatic carbocycles. The Balaban J connectivity index is 2.67. The SMILES string of the molecule is COc1c(C)ccc(C)c1-c1cc(N)on1. The number of hydrogen-bond acceptors (Lipinski definition) is 4. The molecule has 0 fully saturated rings. The molecule has 0 spiro atoms. The number of nitrogens with zero attached hydrogens (tertiary/aromatic N) is 1. The van der Waals surface area contributed by atoms with Crippen LogP contribution in [0.4, 0.5) is 5.88 Å². The third kappa shape index (κ3) is 1.62. The summed E-state index contributed by atoms with van der Waals surface area (Å²) < 4.78 is 10.3. The lowest BCUT2D eigenvalue weighted by Gasteiger charge is -2.11. The first-order chi connectivity index (χ1) is 7.63. The van der Waals surface area contributed by atoms with E-state index in [0.717, 1.165) is 22.4 Å². The molecule has 4 nitrogen and oxygen atoms in total. The lowest BCUT2D eigenvalue weighted by Crippen LogP contribution is -1.94. The Morgan fingerprint density at radius 1 is 1.25 bits per heavy atom. The number of aryl methyl sites for hydroxylation is 2. The van der Waals surface area contributed by atoms with Gasteiger partial charge < -0.3 is 15.0 Å². The summed E-state index contributed by atoms with van der Waals surface area (Å²) in [5.41, 5.74) is 9.30. The standard InChI is InChI=1S/C12H14N2O2/c1-7-4-5-8(2)12(15-3)11(7)9-6-10(13)16-14-9/h4-6H,13H2,1-3H3. The molecule has 2 rings (SSSR count). The molecule has 4 heteroatoms. The molecule has 0 radical (unpaired) electrons. The predicted octanol–water partition coefficient (Wildman–Crippen LogP) is 2.55. The van der Waals surface area contributed by atoms with E-state index in [9.17, 15) is 0 Å². The third-order valence-corrected chi connectivity index (χ3v) is 2.55. The summed E-state index contributed by atoms with van der Waals surface area (Å²) in [6, 6.07) is 5.74. The second-order valence-electron chi connectivity index (χ2n) is 3.72. The zero-order valence-electron chi connectivity index (χ0n) is 9.57. The van der Waals surface area contributed by atoms with E-state index in [-0.39, 0.29) is 0 Å². The van der Waals surface area contributed by atoms with E-state index < -0.39 is 0 Å². The van der Waals surface area contributed by atoms with Gasteiger partial charge in [-0.15, -0.1) is 0 Å². The maximum absolute atomic E-state index is 5.53. The number of methoxy groups -OCH3 is 1. The summed E-state index contributed by atoms with van der Waals surface area (Å²) in [5.74, 6) is 1.12. The van der Waals surface area contributed by atoms with Crippen LogP contribution in [0.2, 0.25) is 0 Å². The number of nitrogen functional groups attached to an aromatic ring is 1. The Labute approximate surface area is 94.0 Å². The van der Waals surface area contributed by atoms with Crippen LogP contribution in [0.3, 0.4) is 0 Å². The highest BCUT2D eigenvalue weighted by atomic mass is 16.5. The second-order valence-corrected chi connectivity index (χ2v) is 3.72. The van der Waals surface area contributed by atoms with Crippen molar-refractivity contribution in [3.63, 3.8) is 0 Å². The van der Waals surface area contributed by atoms with Crippen LogP contribution < -0.4 is 10.5 Å². The van der Waals surface area contributed by atoms with E-state index in [0.29, 0.717) is 11.6 Å². The molecule has 1 heterocycles. The van der Waals surface area contributed by atoms with Crippen LogP contribution in [0.25, 0.3) is 11.3 Å². The van der Waals surface area contributed by atoms with E-state index >= 15 is 0 Å². The van der Waals surface area contributed by atoms with Gasteiger partial charge in [0.25, 0.3) is 0 Å². The van der Waals surface area contributed by atoms with Gasteiger partial charge >= 0.3 is 0 Å². The van der Waals surface area contributed by atoms with Crippen molar-refractivity contribution in [1.82, 2.24) is 5.16 Å². The largest absolute Gasteiger partial charge is 0.496 e. The summed E-state index contributed by atoms with van der Waals surface area (Å²) >= 11 is 0. The van der Waals surface area contributed by atoms with Crippen LogP contribution in [-0.4, -0.2) is 12.3 Å². The van der Waals surface area contributed by atoms with Crippen molar-refractivity contribution in [3.05, 3.63) is 29.3 Å². The first kappa shape index (κ1) is 10.5. The summed E-state index contributed by atoms with van der Waals surface area (Å²) in [7, 11) is 1.65. The second kappa shape index (κ2) is 3.89. The number of rotatable bonds is 2. The van der Waals surface area contributed by atoms with Crippen LogP contribution in [0.15, 0.2) is 22.7 Å². The zero-order chi connectivity index (χ0) is 11.7. The van der Waals surface area contributed by atoms with E-state index in [1.54, 1.807) is 13.2 Å². The van der Waals surface area contributed by atoms with Gasteiger partial charge in [0.2, 0.25) is 5.88 Å². The van der Waals surface area contributed by atoms with Crippen molar-refractivity contribution >= 4 is 5.88 Å². The van der Waals surface area contributed by atoms with Crippen molar-refractivity contribution in [2.24, 2.45) is 0 Å². The van der Waals surface area contributed by atoms with Crippen molar-refractivity contribution in [2.45, 2.75) is 13.8 Å². The van der Waals surface area contributed by atoms with Crippen LogP contribution in [0.1, 0.15) is 11.1 Å². The van der Waals surface area contributed by atoms with Crippen molar-refractivity contribution in [2.75, 3.05) is 12.8 Å². The van der Waals surface area contributed by atoms with Gasteiger partial charge in [-0.3, -0.25) is 0 Å². The molecule has 1 aromatic carbocycles. The minimum absolute atomic E-state index is 0.304. The van der Waals surface area contributed by atoms with Crippen LogP contribution >= 0.6 is 0 Å². The van der Waals surface area contributed by atoms with E-state index in [1.165, 1.54) is 0 Å². The first-order valence-corrected chi connectivity index (χ1v) is 5.00. The minimum Gasteiger partial charge on any atom is -0.496 e. The van der Waals surface area contributed by atoms with E-state index in [2.05, 4.69) is 5.16 Å². The average molecular weight is 218 g/mol. The zero-order valence-corrected chi connectivity index (χ0v) is 9.57. The van der Waals surface area contributed by atoms with Crippen molar-refractivity contribution in [1.29, 1.82) is 0 Å². The minimum atomic E-state index is 0.304. The van der Waals surface area contributed by atoms with Crippen LogP contribution in [0.5, 0.6) is 5.75 Å². The average Bonchev–Trinajstić information content (AvgIpc) is 2.67. The molecule has 16 heavy (non-hydrogen) atoms. The normalized spacial score (nSPS) is 10.4. The van der Waals surface area contributed by atoms with Gasteiger partial charge in [-0.25, -0.2) is 0 Å². The Morgan fingerprint density at radius 2 is 1.94 bits per heavy atom. The number of benzene rings is 1. The highest BCUT2D eigenvalue weighted by Gasteiger charge is 2.15. The third-order valence-electron chi connectivity index (χ3n) is 2.55. The first-order valence-electron chi connectivity index (χ1n) is 5.00. The lowest BCUT2D eigenvalue weighted by atomic mass is 10.0. The van der Waals surface area contributed by atoms with Gasteiger partial charge in [-0.1, -0.05) is 17.3 Å². The molecule has 84 valence electrons. The molecule has 0 saturated carbocycles. The highest BCUT2D eigenvalue weighted by Crippen LogP contribution is 2.35. The molecular weight excluding hydrogens is 204 g/mol. The van der Waals surface area contributed by atoms with Gasteiger partial charge in [-0.2, -0.15) is 0 Å². The molecule has 2 N–H and O–H groups in total. The molecular formula is C12H14N2O2. The van der Waals surface area contributed by atoms with E-state index in [1.807, 2.05) is 26.0 Å². The molecule has 1 aromatic heterocycles. The molecule has 0 aliphatic rings. The number of nitrogens with two attached hydrogens (primary N) is 1.